The Balaban J connectivity index is 1.65. The Morgan fingerprint density at radius 3 is 2.68 bits per heavy atom. The lowest BCUT2D eigenvalue weighted by atomic mass is 9.92. The van der Waals surface area contributed by atoms with Crippen LogP contribution in [-0.4, -0.2) is 28.6 Å². The quantitative estimate of drug-likeness (QED) is 0.908. The number of hydrogen-bond acceptors (Lipinski definition) is 5. The third-order valence-electron chi connectivity index (χ3n) is 3.92. The molecule has 1 N–H and O–H groups in total. The number of nitrogens with one attached hydrogen (secondary N) is 1. The molecule has 0 unspecified atom stereocenters. The van der Waals surface area contributed by atoms with Crippen molar-refractivity contribution in [3.8, 4) is 0 Å². The van der Waals surface area contributed by atoms with E-state index in [0.29, 0.717) is 24.5 Å². The topological polar surface area (TPSA) is 75.2 Å². The second-order valence-corrected chi connectivity index (χ2v) is 8.48. The van der Waals surface area contributed by atoms with Gasteiger partial charge in [0.2, 0.25) is 16.9 Å². The summed E-state index contributed by atoms with van der Waals surface area (Å²) in [5.41, 5.74) is 0.823. The zero-order chi connectivity index (χ0) is 18.0. The van der Waals surface area contributed by atoms with Crippen molar-refractivity contribution in [1.29, 1.82) is 0 Å². The van der Waals surface area contributed by atoms with Gasteiger partial charge in [-0.2, -0.15) is 0 Å². The molecule has 0 spiro atoms. The highest BCUT2D eigenvalue weighted by Gasteiger charge is 2.33. The molecule has 132 valence electrons. The maximum Gasteiger partial charge on any atom is 0.227 e. The first kappa shape index (κ1) is 17.5. The van der Waals surface area contributed by atoms with Crippen LogP contribution in [0, 0.1) is 5.41 Å². The molecule has 1 aromatic carbocycles. The van der Waals surface area contributed by atoms with Crippen LogP contribution in [0.3, 0.4) is 0 Å². The van der Waals surface area contributed by atoms with Gasteiger partial charge in [0.1, 0.15) is 5.01 Å². The van der Waals surface area contributed by atoms with Crippen LogP contribution >= 0.6 is 11.3 Å². The molecule has 1 aromatic heterocycles. The van der Waals surface area contributed by atoms with Crippen molar-refractivity contribution in [2.75, 3.05) is 16.8 Å². The third kappa shape index (κ3) is 4.42. The van der Waals surface area contributed by atoms with Crippen LogP contribution in [0.15, 0.2) is 30.3 Å². The average molecular weight is 358 g/mol. The van der Waals surface area contributed by atoms with Gasteiger partial charge in [-0.1, -0.05) is 50.3 Å². The van der Waals surface area contributed by atoms with Crippen molar-refractivity contribution in [1.82, 2.24) is 10.2 Å². The van der Waals surface area contributed by atoms with Crippen LogP contribution in [-0.2, 0) is 9.59 Å². The summed E-state index contributed by atoms with van der Waals surface area (Å²) in [6.07, 6.45) is 0.838. The molecule has 25 heavy (non-hydrogen) atoms. The number of rotatable bonds is 4. The van der Waals surface area contributed by atoms with E-state index in [9.17, 15) is 9.59 Å². The molecule has 1 atom stereocenters. The van der Waals surface area contributed by atoms with Gasteiger partial charge in [-0.25, -0.2) is 0 Å². The van der Waals surface area contributed by atoms with Crippen molar-refractivity contribution in [3.63, 3.8) is 0 Å². The highest BCUT2D eigenvalue weighted by molar-refractivity contribution is 7.15. The van der Waals surface area contributed by atoms with E-state index in [2.05, 4.69) is 15.5 Å². The van der Waals surface area contributed by atoms with Gasteiger partial charge >= 0.3 is 0 Å². The van der Waals surface area contributed by atoms with Crippen LogP contribution in [0.1, 0.15) is 44.5 Å². The number of anilines is 2. The van der Waals surface area contributed by atoms with Crippen LogP contribution in [0.4, 0.5) is 10.8 Å². The number of benzene rings is 1. The minimum absolute atomic E-state index is 0.0125. The van der Waals surface area contributed by atoms with Crippen molar-refractivity contribution < 1.29 is 9.59 Å². The van der Waals surface area contributed by atoms with E-state index < -0.39 is 0 Å². The van der Waals surface area contributed by atoms with Crippen molar-refractivity contribution in [2.45, 2.75) is 39.5 Å². The SMILES string of the molecule is CC(C)(C)CC(=O)Nc1nnc([C@H]2CC(=O)N(c3ccccc3)C2)s1. The number of carbonyl (C=O) groups excluding carboxylic acids is 2. The van der Waals surface area contributed by atoms with Gasteiger partial charge in [-0.3, -0.25) is 9.59 Å². The molecule has 1 aliphatic rings. The van der Waals surface area contributed by atoms with Gasteiger partial charge in [-0.15, -0.1) is 10.2 Å². The first-order valence-corrected chi connectivity index (χ1v) is 9.12. The molecular weight excluding hydrogens is 336 g/mol. The Kier molecular flexibility index (Phi) is 4.85. The minimum Gasteiger partial charge on any atom is -0.312 e. The molecule has 6 nitrogen and oxygen atoms in total. The molecule has 2 aromatic rings. The van der Waals surface area contributed by atoms with Crippen molar-refractivity contribution in [3.05, 3.63) is 35.3 Å². The van der Waals surface area contributed by atoms with Crippen molar-refractivity contribution >= 4 is 34.0 Å². The van der Waals surface area contributed by atoms with E-state index in [-0.39, 0.29) is 23.1 Å². The summed E-state index contributed by atoms with van der Waals surface area (Å²) in [5, 5.41) is 12.3. The summed E-state index contributed by atoms with van der Waals surface area (Å²) in [6, 6.07) is 9.63. The first-order valence-electron chi connectivity index (χ1n) is 8.30. The largest absolute Gasteiger partial charge is 0.312 e. The highest BCUT2D eigenvalue weighted by atomic mass is 32.1. The number of hydrogen-bond donors (Lipinski definition) is 1. The molecule has 1 fully saturated rings. The summed E-state index contributed by atoms with van der Waals surface area (Å²) in [4.78, 5) is 26.1. The minimum atomic E-state index is -0.0777. The monoisotopic (exact) mass is 358 g/mol. The van der Waals surface area contributed by atoms with E-state index in [4.69, 9.17) is 0 Å². The standard InChI is InChI=1S/C18H22N4O2S/c1-18(2,3)10-14(23)19-17-21-20-16(25-17)12-9-15(24)22(11-12)13-7-5-4-6-8-13/h4-8,12H,9-11H2,1-3H3,(H,19,21,23)/t12-/m0/s1. The Bertz CT molecular complexity index is 767. The van der Waals surface area contributed by atoms with Gasteiger partial charge in [0.25, 0.3) is 0 Å². The fraction of sp³-hybridized carbons (Fsp3) is 0.444. The molecular formula is C18H22N4O2S. The first-order chi connectivity index (χ1) is 11.8. The van der Waals surface area contributed by atoms with E-state index in [1.54, 1.807) is 4.90 Å². The molecule has 7 heteroatoms. The molecule has 0 bridgehead atoms. The molecule has 1 saturated heterocycles. The highest BCUT2D eigenvalue weighted by Crippen LogP contribution is 2.34. The van der Waals surface area contributed by atoms with Gasteiger partial charge in [0.05, 0.1) is 0 Å². The molecule has 2 amide bonds. The van der Waals surface area contributed by atoms with E-state index in [1.807, 2.05) is 51.1 Å². The Hall–Kier alpha value is -2.28. The van der Waals surface area contributed by atoms with Crippen LogP contribution in [0.2, 0.25) is 0 Å². The zero-order valence-corrected chi connectivity index (χ0v) is 15.5. The number of para-hydroxylation sites is 1. The third-order valence-corrected chi connectivity index (χ3v) is 4.92. The Labute approximate surface area is 151 Å². The summed E-state index contributed by atoms with van der Waals surface area (Å²) in [5.74, 6) is 0.0341. The predicted octanol–water partition coefficient (Wildman–Crippen LogP) is 3.43. The second-order valence-electron chi connectivity index (χ2n) is 7.47. The summed E-state index contributed by atoms with van der Waals surface area (Å²) >= 11 is 1.35. The molecule has 3 rings (SSSR count). The number of amides is 2. The molecule has 1 aliphatic heterocycles. The zero-order valence-electron chi connectivity index (χ0n) is 14.7. The van der Waals surface area contributed by atoms with Crippen LogP contribution in [0.25, 0.3) is 0 Å². The number of carbonyl (C=O) groups is 2. The second kappa shape index (κ2) is 6.92. The molecule has 0 aliphatic carbocycles. The lowest BCUT2D eigenvalue weighted by Crippen LogP contribution is -2.24. The Morgan fingerprint density at radius 2 is 2.00 bits per heavy atom. The number of aromatic nitrogens is 2. The summed E-state index contributed by atoms with van der Waals surface area (Å²) in [6.45, 7) is 6.63. The molecule has 0 saturated carbocycles. The molecule has 0 radical (unpaired) electrons. The van der Waals surface area contributed by atoms with E-state index in [0.717, 1.165) is 10.7 Å². The lowest BCUT2D eigenvalue weighted by molar-refractivity contribution is -0.118. The predicted molar refractivity (Wildman–Crippen MR) is 98.8 cm³/mol. The van der Waals surface area contributed by atoms with Gasteiger partial charge < -0.3 is 10.2 Å². The van der Waals surface area contributed by atoms with E-state index >= 15 is 0 Å². The number of nitrogens with zero attached hydrogens (tertiary/aromatic N) is 3. The summed E-state index contributed by atoms with van der Waals surface area (Å²) in [7, 11) is 0. The average Bonchev–Trinajstić information content (AvgIpc) is 3.13. The van der Waals surface area contributed by atoms with Gasteiger partial charge in [-0.05, 0) is 17.5 Å². The van der Waals surface area contributed by atoms with Crippen LogP contribution in [0.5, 0.6) is 0 Å². The lowest BCUT2D eigenvalue weighted by Gasteiger charge is -2.16. The van der Waals surface area contributed by atoms with Crippen LogP contribution < -0.4 is 10.2 Å². The fourth-order valence-electron chi connectivity index (χ4n) is 2.83. The smallest absolute Gasteiger partial charge is 0.227 e. The van der Waals surface area contributed by atoms with Gasteiger partial charge in [0.15, 0.2) is 0 Å². The Morgan fingerprint density at radius 1 is 1.28 bits per heavy atom. The maximum absolute atomic E-state index is 12.3. The van der Waals surface area contributed by atoms with Gasteiger partial charge in [0, 0.05) is 31.0 Å². The fourth-order valence-corrected chi connectivity index (χ4v) is 3.68. The van der Waals surface area contributed by atoms with E-state index in [1.165, 1.54) is 11.3 Å². The molecule has 2 heterocycles. The normalized spacial score (nSPS) is 17.8. The van der Waals surface area contributed by atoms with Crippen molar-refractivity contribution in [2.24, 2.45) is 5.41 Å². The maximum atomic E-state index is 12.3. The summed E-state index contributed by atoms with van der Waals surface area (Å²) < 4.78 is 0.